The van der Waals surface area contributed by atoms with Crippen molar-refractivity contribution in [1.82, 2.24) is 24.9 Å². The molecule has 0 aromatic carbocycles. The monoisotopic (exact) mass is 351 g/mol. The van der Waals surface area contributed by atoms with Crippen LogP contribution in [-0.2, 0) is 6.54 Å². The molecule has 122 valence electrons. The van der Waals surface area contributed by atoms with Crippen LogP contribution in [-0.4, -0.2) is 24.9 Å². The van der Waals surface area contributed by atoms with Crippen molar-refractivity contribution in [1.29, 1.82) is 0 Å². The third-order valence-electron chi connectivity index (χ3n) is 3.27. The summed E-state index contributed by atoms with van der Waals surface area (Å²) in [6.07, 6.45) is 1.95. The van der Waals surface area contributed by atoms with Gasteiger partial charge in [0, 0.05) is 6.54 Å². The van der Waals surface area contributed by atoms with E-state index < -0.39 is 0 Å². The average molecular weight is 351 g/mol. The summed E-state index contributed by atoms with van der Waals surface area (Å²) in [6.45, 7) is 4.70. The lowest BCUT2D eigenvalue weighted by Crippen LogP contribution is -2.17. The van der Waals surface area contributed by atoms with Crippen molar-refractivity contribution in [2.75, 3.05) is 0 Å². The number of thioether (sulfide) groups is 1. The van der Waals surface area contributed by atoms with Crippen LogP contribution in [0.2, 0.25) is 0 Å². The molecule has 0 saturated heterocycles. The molecule has 1 unspecified atom stereocenters. The van der Waals surface area contributed by atoms with Crippen LogP contribution in [0.3, 0.4) is 0 Å². The fourth-order valence-electron chi connectivity index (χ4n) is 2.02. The van der Waals surface area contributed by atoms with Crippen molar-refractivity contribution in [3.8, 4) is 10.7 Å². The molecule has 7 nitrogen and oxygen atoms in total. The number of rotatable bonds is 7. The number of nitrogens with one attached hydrogen (secondary N) is 1. The van der Waals surface area contributed by atoms with Gasteiger partial charge in [0.2, 0.25) is 11.7 Å². The number of hydrogen-bond donors (Lipinski definition) is 1. The fourth-order valence-corrected chi connectivity index (χ4v) is 3.58. The Labute approximate surface area is 141 Å². The zero-order valence-electron chi connectivity index (χ0n) is 12.9. The van der Waals surface area contributed by atoms with Gasteiger partial charge in [0.1, 0.15) is 0 Å². The van der Waals surface area contributed by atoms with E-state index in [1.807, 2.05) is 24.4 Å². The van der Waals surface area contributed by atoms with Crippen molar-refractivity contribution in [2.24, 2.45) is 0 Å². The Hall–Kier alpha value is -1.87. The van der Waals surface area contributed by atoms with Crippen LogP contribution in [0.25, 0.3) is 10.7 Å². The SMILES string of the molecule is CCCCn1c(SC(C)c2nc(-c3cccs3)no2)n[nH]c1=O. The largest absolute Gasteiger partial charge is 0.343 e. The first-order chi connectivity index (χ1) is 11.2. The van der Waals surface area contributed by atoms with E-state index in [4.69, 9.17) is 4.52 Å². The molecule has 23 heavy (non-hydrogen) atoms. The number of aromatic amines is 1. The predicted octanol–water partition coefficient (Wildman–Crippen LogP) is 3.34. The molecule has 0 bridgehead atoms. The number of aromatic nitrogens is 5. The van der Waals surface area contributed by atoms with E-state index in [2.05, 4.69) is 27.3 Å². The molecule has 0 aliphatic heterocycles. The van der Waals surface area contributed by atoms with Gasteiger partial charge in [-0.05, 0) is 24.8 Å². The van der Waals surface area contributed by atoms with Gasteiger partial charge in [0.25, 0.3) is 0 Å². The lowest BCUT2D eigenvalue weighted by Gasteiger charge is -2.07. The van der Waals surface area contributed by atoms with E-state index >= 15 is 0 Å². The summed E-state index contributed by atoms with van der Waals surface area (Å²) in [5, 5.41) is 13.1. The lowest BCUT2D eigenvalue weighted by molar-refractivity contribution is 0.380. The van der Waals surface area contributed by atoms with Crippen LogP contribution < -0.4 is 5.69 Å². The molecule has 0 spiro atoms. The molecule has 0 radical (unpaired) electrons. The van der Waals surface area contributed by atoms with Crippen molar-refractivity contribution >= 4 is 23.1 Å². The van der Waals surface area contributed by atoms with E-state index in [1.54, 1.807) is 15.9 Å². The van der Waals surface area contributed by atoms with Crippen molar-refractivity contribution < 1.29 is 4.52 Å². The Bertz CT molecular complexity index is 805. The van der Waals surface area contributed by atoms with Crippen LogP contribution in [0.5, 0.6) is 0 Å². The van der Waals surface area contributed by atoms with Gasteiger partial charge in [-0.15, -0.1) is 16.4 Å². The molecular formula is C14H17N5O2S2. The first kappa shape index (κ1) is 16.0. The highest BCUT2D eigenvalue weighted by atomic mass is 32.2. The van der Waals surface area contributed by atoms with Gasteiger partial charge in [0.15, 0.2) is 5.16 Å². The fraction of sp³-hybridized carbons (Fsp3) is 0.429. The smallest absolute Gasteiger partial charge is 0.338 e. The zero-order chi connectivity index (χ0) is 16.2. The highest BCUT2D eigenvalue weighted by Gasteiger charge is 2.20. The molecule has 9 heteroatoms. The molecule has 0 fully saturated rings. The summed E-state index contributed by atoms with van der Waals surface area (Å²) in [4.78, 5) is 17.2. The maximum atomic E-state index is 11.8. The van der Waals surface area contributed by atoms with Crippen molar-refractivity contribution in [3.05, 3.63) is 33.9 Å². The minimum Gasteiger partial charge on any atom is -0.338 e. The molecule has 3 aromatic rings. The molecule has 0 saturated carbocycles. The molecular weight excluding hydrogens is 334 g/mol. The van der Waals surface area contributed by atoms with Crippen LogP contribution in [0, 0.1) is 0 Å². The highest BCUT2D eigenvalue weighted by Crippen LogP contribution is 2.33. The summed E-state index contributed by atoms with van der Waals surface area (Å²) in [5.74, 6) is 1.11. The van der Waals surface area contributed by atoms with Gasteiger partial charge < -0.3 is 4.52 Å². The van der Waals surface area contributed by atoms with Gasteiger partial charge in [0.05, 0.1) is 10.1 Å². The highest BCUT2D eigenvalue weighted by molar-refractivity contribution is 7.99. The number of nitrogens with zero attached hydrogens (tertiary/aromatic N) is 4. The Morgan fingerprint density at radius 1 is 1.52 bits per heavy atom. The average Bonchev–Trinajstić information content (AvgIpc) is 3.26. The minimum atomic E-state index is -0.182. The van der Waals surface area contributed by atoms with Crippen LogP contribution in [0.1, 0.15) is 37.8 Å². The number of hydrogen-bond acceptors (Lipinski definition) is 7. The second kappa shape index (κ2) is 7.14. The summed E-state index contributed by atoms with van der Waals surface area (Å²) in [7, 11) is 0. The van der Waals surface area contributed by atoms with Crippen LogP contribution in [0.15, 0.2) is 32.0 Å². The number of unbranched alkanes of at least 4 members (excludes halogenated alkanes) is 1. The van der Waals surface area contributed by atoms with Gasteiger partial charge in [-0.3, -0.25) is 4.57 Å². The number of H-pyrrole nitrogens is 1. The summed E-state index contributed by atoms with van der Waals surface area (Å²) in [5.41, 5.74) is -0.182. The summed E-state index contributed by atoms with van der Waals surface area (Å²) in [6, 6.07) is 3.90. The van der Waals surface area contributed by atoms with Gasteiger partial charge >= 0.3 is 5.69 Å². The van der Waals surface area contributed by atoms with E-state index in [0.29, 0.717) is 23.4 Å². The van der Waals surface area contributed by atoms with Crippen LogP contribution in [0.4, 0.5) is 0 Å². The quantitative estimate of drug-likeness (QED) is 0.657. The molecule has 1 N–H and O–H groups in total. The Morgan fingerprint density at radius 2 is 2.39 bits per heavy atom. The van der Waals surface area contributed by atoms with E-state index in [1.165, 1.54) is 11.8 Å². The first-order valence-electron chi connectivity index (χ1n) is 7.38. The first-order valence-corrected chi connectivity index (χ1v) is 9.14. The molecule has 0 aliphatic rings. The maximum absolute atomic E-state index is 11.8. The van der Waals surface area contributed by atoms with Gasteiger partial charge in [-0.25, -0.2) is 9.89 Å². The topological polar surface area (TPSA) is 89.6 Å². The summed E-state index contributed by atoms with van der Waals surface area (Å²) >= 11 is 3.00. The van der Waals surface area contributed by atoms with Crippen molar-refractivity contribution in [3.63, 3.8) is 0 Å². The molecule has 0 aliphatic carbocycles. The third kappa shape index (κ3) is 3.56. The van der Waals surface area contributed by atoms with Crippen molar-refractivity contribution in [2.45, 2.75) is 43.6 Å². The minimum absolute atomic E-state index is 0.0909. The number of thiophene rings is 1. The second-order valence-corrected chi connectivity index (χ2v) is 7.27. The molecule has 1 atom stereocenters. The van der Waals surface area contributed by atoms with E-state index in [-0.39, 0.29) is 10.9 Å². The second-order valence-electron chi connectivity index (χ2n) is 5.01. The maximum Gasteiger partial charge on any atom is 0.343 e. The lowest BCUT2D eigenvalue weighted by atomic mass is 10.3. The predicted molar refractivity (Wildman–Crippen MR) is 89.6 cm³/mol. The molecule has 3 rings (SSSR count). The zero-order valence-corrected chi connectivity index (χ0v) is 14.5. The Kier molecular flexibility index (Phi) is 4.97. The Morgan fingerprint density at radius 3 is 3.13 bits per heavy atom. The third-order valence-corrected chi connectivity index (χ3v) is 5.22. The molecule has 3 aromatic heterocycles. The van der Waals surface area contributed by atoms with E-state index in [0.717, 1.165) is 17.7 Å². The summed E-state index contributed by atoms with van der Waals surface area (Å²) < 4.78 is 7.00. The van der Waals surface area contributed by atoms with Gasteiger partial charge in [-0.1, -0.05) is 36.3 Å². The van der Waals surface area contributed by atoms with Gasteiger partial charge in [-0.2, -0.15) is 4.98 Å². The normalized spacial score (nSPS) is 12.6. The Balaban J connectivity index is 1.75. The van der Waals surface area contributed by atoms with E-state index in [9.17, 15) is 4.79 Å². The molecule has 3 heterocycles. The molecule has 0 amide bonds. The standard InChI is InChI=1S/C14H17N5O2S2/c1-3-4-7-19-13(20)16-17-14(19)23-9(2)12-15-11(18-21-12)10-6-5-8-22-10/h5-6,8-9H,3-4,7H2,1-2H3,(H,16,20). The van der Waals surface area contributed by atoms with Crippen LogP contribution >= 0.6 is 23.1 Å².